The largest absolute Gasteiger partial charge is 0.370 e. The van der Waals surface area contributed by atoms with Gasteiger partial charge >= 0.3 is 0 Å². The number of rotatable bonds is 9. The number of hydrogen-bond acceptors (Lipinski definition) is 6. The van der Waals surface area contributed by atoms with Gasteiger partial charge in [0.25, 0.3) is 0 Å². The molecule has 0 aliphatic heterocycles. The Bertz CT molecular complexity index is 257. The molecular formula is C8H18NO3PS3. The third-order valence-electron chi connectivity index (χ3n) is 1.67. The van der Waals surface area contributed by atoms with Crippen molar-refractivity contribution in [3.63, 3.8) is 0 Å². The first kappa shape index (κ1) is 16.7. The summed E-state index contributed by atoms with van der Waals surface area (Å²) in [5, 5.41) is 0.251. The summed E-state index contributed by atoms with van der Waals surface area (Å²) in [7, 11) is 3.14. The number of primary amides is 1. The fourth-order valence-electron chi connectivity index (χ4n) is 0.921. The predicted molar refractivity (Wildman–Crippen MR) is 76.5 cm³/mol. The lowest BCUT2D eigenvalue weighted by atomic mass is 10.3. The molecule has 0 heterocycles. The molecule has 0 spiro atoms. The van der Waals surface area contributed by atoms with E-state index in [2.05, 4.69) is 0 Å². The highest BCUT2D eigenvalue weighted by molar-refractivity contribution is 8.67. The molecular weight excluding hydrogens is 285 g/mol. The van der Waals surface area contributed by atoms with Gasteiger partial charge in [-0.15, -0.1) is 0 Å². The Balaban J connectivity index is 3.67. The van der Waals surface area contributed by atoms with Crippen molar-refractivity contribution in [2.24, 2.45) is 5.73 Å². The summed E-state index contributed by atoms with van der Waals surface area (Å²) in [6.07, 6.45) is 0.415. The number of hydrogen-bond donors (Lipinski definition) is 1. The highest BCUT2D eigenvalue weighted by Gasteiger charge is 2.15. The Hall–Kier alpha value is 0.740. The Morgan fingerprint density at radius 3 is 2.44 bits per heavy atom. The highest BCUT2D eigenvalue weighted by atomic mass is 32.9. The summed E-state index contributed by atoms with van der Waals surface area (Å²) in [4.78, 5) is 10.6. The van der Waals surface area contributed by atoms with Crippen LogP contribution in [0.4, 0.5) is 0 Å². The number of carbonyl (C=O) groups is 1. The molecule has 0 aliphatic rings. The average molecular weight is 303 g/mol. The van der Waals surface area contributed by atoms with Gasteiger partial charge in [0, 0.05) is 37.4 Å². The third kappa shape index (κ3) is 7.92. The van der Waals surface area contributed by atoms with Crippen molar-refractivity contribution in [1.29, 1.82) is 0 Å². The summed E-state index contributed by atoms with van der Waals surface area (Å²) in [5.74, 6) is 1.50. The smallest absolute Gasteiger partial charge is 0.246 e. The molecule has 0 aromatic carbocycles. The van der Waals surface area contributed by atoms with Gasteiger partial charge in [-0.25, -0.2) is 0 Å². The van der Waals surface area contributed by atoms with Gasteiger partial charge in [0.15, 0.2) is 0 Å². The lowest BCUT2D eigenvalue weighted by Crippen LogP contribution is -2.16. The summed E-state index contributed by atoms with van der Waals surface area (Å²) in [5.41, 5.74) is 2.98. The topological polar surface area (TPSA) is 61.6 Å². The van der Waals surface area contributed by atoms with Crippen LogP contribution < -0.4 is 5.73 Å². The van der Waals surface area contributed by atoms with Crippen molar-refractivity contribution in [3.8, 4) is 0 Å². The number of nitrogens with two attached hydrogens (primary N) is 1. The first-order valence-electron chi connectivity index (χ1n) is 4.69. The van der Waals surface area contributed by atoms with E-state index in [0.29, 0.717) is 6.42 Å². The Morgan fingerprint density at radius 2 is 2.00 bits per heavy atom. The van der Waals surface area contributed by atoms with Gasteiger partial charge in [0.1, 0.15) is 0 Å². The second-order valence-corrected chi connectivity index (χ2v) is 11.2. The van der Waals surface area contributed by atoms with Crippen LogP contribution in [0.3, 0.4) is 0 Å². The number of thioether (sulfide) groups is 1. The fourth-order valence-corrected chi connectivity index (χ4v) is 5.52. The van der Waals surface area contributed by atoms with Crippen molar-refractivity contribution in [2.45, 2.75) is 18.6 Å². The number of carbonyl (C=O) groups excluding carboxylic acids is 1. The van der Waals surface area contributed by atoms with Gasteiger partial charge < -0.3 is 14.8 Å². The minimum Gasteiger partial charge on any atom is -0.370 e. The first-order valence-corrected chi connectivity index (χ1v) is 9.97. The molecule has 96 valence electrons. The zero-order chi connectivity index (χ0) is 12.6. The molecule has 0 aromatic heterocycles. The molecule has 1 amide bonds. The second-order valence-electron chi connectivity index (χ2n) is 3.00. The van der Waals surface area contributed by atoms with Crippen LogP contribution in [0.15, 0.2) is 0 Å². The molecule has 1 unspecified atom stereocenters. The SMILES string of the molecule is COP(=S)(OC)SCCSC(C)CC(N)=O. The minimum absolute atomic E-state index is 0.251. The van der Waals surface area contributed by atoms with Gasteiger partial charge in [0.2, 0.25) is 11.6 Å². The van der Waals surface area contributed by atoms with Crippen LogP contribution in [0.5, 0.6) is 0 Å². The molecule has 1 atom stereocenters. The Kier molecular flexibility index (Phi) is 9.18. The predicted octanol–water partition coefficient (Wildman–Crippen LogP) is 2.23. The maximum absolute atomic E-state index is 10.6. The summed E-state index contributed by atoms with van der Waals surface area (Å²) in [6.45, 7) is 1.99. The minimum atomic E-state index is -2.12. The van der Waals surface area contributed by atoms with Crippen molar-refractivity contribution in [3.05, 3.63) is 0 Å². The average Bonchev–Trinajstić information content (AvgIpc) is 2.23. The second kappa shape index (κ2) is 8.78. The van der Waals surface area contributed by atoms with Crippen LogP contribution in [0.1, 0.15) is 13.3 Å². The molecule has 0 aromatic rings. The van der Waals surface area contributed by atoms with Crippen molar-refractivity contribution >= 4 is 46.6 Å². The van der Waals surface area contributed by atoms with E-state index in [9.17, 15) is 4.79 Å². The monoisotopic (exact) mass is 303 g/mol. The molecule has 16 heavy (non-hydrogen) atoms. The lowest BCUT2D eigenvalue weighted by molar-refractivity contribution is -0.117. The maximum atomic E-state index is 10.6. The lowest BCUT2D eigenvalue weighted by Gasteiger charge is -2.16. The van der Waals surface area contributed by atoms with Gasteiger partial charge in [-0.05, 0) is 11.8 Å². The Morgan fingerprint density at radius 1 is 1.44 bits per heavy atom. The maximum Gasteiger partial charge on any atom is 0.246 e. The van der Waals surface area contributed by atoms with E-state index >= 15 is 0 Å². The summed E-state index contributed by atoms with van der Waals surface area (Å²) < 4.78 is 10.3. The van der Waals surface area contributed by atoms with Crippen LogP contribution in [0.25, 0.3) is 0 Å². The van der Waals surface area contributed by atoms with Gasteiger partial charge in [0.05, 0.1) is 0 Å². The molecule has 0 fully saturated rings. The van der Waals surface area contributed by atoms with E-state index < -0.39 is 5.69 Å². The van der Waals surface area contributed by atoms with Crippen LogP contribution in [-0.2, 0) is 25.6 Å². The fraction of sp³-hybridized carbons (Fsp3) is 0.875. The highest BCUT2D eigenvalue weighted by Crippen LogP contribution is 2.59. The van der Waals surface area contributed by atoms with Gasteiger partial charge in [-0.3, -0.25) is 4.79 Å². The molecule has 4 nitrogen and oxygen atoms in total. The van der Waals surface area contributed by atoms with Crippen molar-refractivity contribution in [2.75, 3.05) is 25.7 Å². The standard InChI is InChI=1S/C8H18NO3PS3/c1-7(6-8(9)10)15-4-5-16-13(14,11-2)12-3/h7H,4-6H2,1-3H3,(H2,9,10). The molecule has 0 rings (SSSR count). The molecule has 0 radical (unpaired) electrons. The van der Waals surface area contributed by atoms with Crippen molar-refractivity contribution in [1.82, 2.24) is 0 Å². The van der Waals surface area contributed by atoms with E-state index in [-0.39, 0.29) is 11.2 Å². The van der Waals surface area contributed by atoms with E-state index in [1.807, 2.05) is 6.92 Å². The molecule has 0 bridgehead atoms. The third-order valence-corrected chi connectivity index (χ3v) is 8.94. The van der Waals surface area contributed by atoms with E-state index in [1.54, 1.807) is 26.0 Å². The molecule has 0 aliphatic carbocycles. The van der Waals surface area contributed by atoms with Gasteiger partial charge in [-0.1, -0.05) is 18.3 Å². The van der Waals surface area contributed by atoms with Crippen LogP contribution in [-0.4, -0.2) is 36.9 Å². The first-order chi connectivity index (χ1) is 7.43. The zero-order valence-electron chi connectivity index (χ0n) is 9.67. The van der Waals surface area contributed by atoms with Gasteiger partial charge in [-0.2, -0.15) is 11.8 Å². The van der Waals surface area contributed by atoms with Crippen LogP contribution >= 0.6 is 28.8 Å². The van der Waals surface area contributed by atoms with E-state index in [0.717, 1.165) is 11.5 Å². The summed E-state index contributed by atoms with van der Waals surface area (Å²) >= 11 is 8.43. The van der Waals surface area contributed by atoms with E-state index in [1.165, 1.54) is 11.4 Å². The zero-order valence-corrected chi connectivity index (χ0v) is 13.0. The molecule has 2 N–H and O–H groups in total. The summed E-state index contributed by atoms with van der Waals surface area (Å²) in [6, 6.07) is 0. The molecule has 8 heteroatoms. The molecule has 0 saturated carbocycles. The number of amides is 1. The van der Waals surface area contributed by atoms with Crippen LogP contribution in [0.2, 0.25) is 0 Å². The van der Waals surface area contributed by atoms with E-state index in [4.69, 9.17) is 26.6 Å². The van der Waals surface area contributed by atoms with Crippen molar-refractivity contribution < 1.29 is 13.8 Å². The quantitative estimate of drug-likeness (QED) is 0.520. The van der Waals surface area contributed by atoms with Crippen LogP contribution in [0, 0.1) is 0 Å². The Labute approximate surface area is 110 Å². The molecule has 0 saturated heterocycles. The normalized spacial score (nSPS) is 13.7.